The van der Waals surface area contributed by atoms with Crippen molar-refractivity contribution in [3.8, 4) is 11.4 Å². The molecule has 0 fully saturated rings. The van der Waals surface area contributed by atoms with E-state index < -0.39 is 0 Å². The van der Waals surface area contributed by atoms with E-state index in [2.05, 4.69) is 15.2 Å². The number of nitrogens with zero attached hydrogens (tertiary/aromatic N) is 2. The van der Waals surface area contributed by atoms with E-state index in [4.69, 9.17) is 10.2 Å². The summed E-state index contributed by atoms with van der Waals surface area (Å²) in [6.07, 6.45) is 1.67. The number of aromatic amines is 1. The first-order valence-corrected chi connectivity index (χ1v) is 5.40. The lowest BCUT2D eigenvalue weighted by Gasteiger charge is -1.95. The Hall–Kier alpha value is -2.14. The number of fused-ring (bicyclic) bond motifs is 1. The van der Waals surface area contributed by atoms with Crippen LogP contribution < -0.4 is 5.73 Å². The zero-order valence-electron chi connectivity index (χ0n) is 9.34. The van der Waals surface area contributed by atoms with Gasteiger partial charge in [0.25, 0.3) is 0 Å². The summed E-state index contributed by atoms with van der Waals surface area (Å²) in [4.78, 5) is 4.35. The van der Waals surface area contributed by atoms with Crippen LogP contribution in [-0.4, -0.2) is 15.2 Å². The third-order valence-corrected chi connectivity index (χ3v) is 2.66. The standard InChI is InChI=1S/C12H12N4O/c1-7(13)11-14-12(16-15-11)9-6-17-10-5-3-2-4-8(9)10/h2-7H,13H2,1H3,(H,14,15,16). The van der Waals surface area contributed by atoms with Gasteiger partial charge in [0.15, 0.2) is 5.82 Å². The molecule has 2 heterocycles. The Morgan fingerprint density at radius 2 is 2.18 bits per heavy atom. The van der Waals surface area contributed by atoms with Crippen LogP contribution in [0, 0.1) is 0 Å². The predicted molar refractivity (Wildman–Crippen MR) is 64.2 cm³/mol. The van der Waals surface area contributed by atoms with Gasteiger partial charge in [-0.3, -0.25) is 5.10 Å². The first-order chi connectivity index (χ1) is 8.25. The van der Waals surface area contributed by atoms with Crippen LogP contribution in [0.2, 0.25) is 0 Å². The molecule has 0 bridgehead atoms. The highest BCUT2D eigenvalue weighted by molar-refractivity contribution is 5.91. The molecule has 1 unspecified atom stereocenters. The van der Waals surface area contributed by atoms with Crippen LogP contribution in [0.4, 0.5) is 0 Å². The first-order valence-electron chi connectivity index (χ1n) is 5.40. The molecule has 2 aromatic heterocycles. The van der Waals surface area contributed by atoms with Crippen molar-refractivity contribution in [2.24, 2.45) is 5.73 Å². The molecule has 3 aromatic rings. The second kappa shape index (κ2) is 3.71. The normalized spacial score (nSPS) is 13.1. The van der Waals surface area contributed by atoms with Crippen LogP contribution >= 0.6 is 0 Å². The summed E-state index contributed by atoms with van der Waals surface area (Å²) in [5.74, 6) is 1.28. The van der Waals surface area contributed by atoms with Crippen molar-refractivity contribution in [2.75, 3.05) is 0 Å². The Balaban J connectivity index is 2.14. The molecule has 0 amide bonds. The summed E-state index contributed by atoms with van der Waals surface area (Å²) < 4.78 is 5.45. The Morgan fingerprint density at radius 1 is 1.35 bits per heavy atom. The summed E-state index contributed by atoms with van der Waals surface area (Å²) >= 11 is 0. The van der Waals surface area contributed by atoms with Gasteiger partial charge in [-0.25, -0.2) is 4.98 Å². The molecule has 0 radical (unpaired) electrons. The molecule has 1 atom stereocenters. The van der Waals surface area contributed by atoms with Crippen LogP contribution in [-0.2, 0) is 0 Å². The SMILES string of the molecule is CC(N)c1nc(-c2coc3ccccc23)n[nH]1. The smallest absolute Gasteiger partial charge is 0.185 e. The highest BCUT2D eigenvalue weighted by Gasteiger charge is 2.13. The molecule has 0 aliphatic rings. The number of hydrogen-bond donors (Lipinski definition) is 2. The number of nitrogens with one attached hydrogen (secondary N) is 1. The van der Waals surface area contributed by atoms with Crippen molar-refractivity contribution < 1.29 is 4.42 Å². The molecule has 0 saturated heterocycles. The van der Waals surface area contributed by atoms with Gasteiger partial charge in [0, 0.05) is 5.39 Å². The minimum absolute atomic E-state index is 0.158. The van der Waals surface area contributed by atoms with Crippen molar-refractivity contribution in [1.29, 1.82) is 0 Å². The molecule has 5 heteroatoms. The van der Waals surface area contributed by atoms with Crippen LogP contribution in [0.1, 0.15) is 18.8 Å². The monoisotopic (exact) mass is 228 g/mol. The zero-order chi connectivity index (χ0) is 11.8. The Kier molecular flexibility index (Phi) is 2.19. The molecule has 0 spiro atoms. The van der Waals surface area contributed by atoms with E-state index in [-0.39, 0.29) is 6.04 Å². The quantitative estimate of drug-likeness (QED) is 0.704. The number of benzene rings is 1. The number of H-pyrrole nitrogens is 1. The summed E-state index contributed by atoms with van der Waals surface area (Å²) in [6, 6.07) is 7.63. The van der Waals surface area contributed by atoms with Gasteiger partial charge in [-0.1, -0.05) is 18.2 Å². The molecule has 86 valence electrons. The lowest BCUT2D eigenvalue weighted by Crippen LogP contribution is -2.06. The van der Waals surface area contributed by atoms with Crippen molar-refractivity contribution >= 4 is 11.0 Å². The third-order valence-electron chi connectivity index (χ3n) is 2.66. The summed E-state index contributed by atoms with van der Waals surface area (Å²) in [7, 11) is 0. The van der Waals surface area contributed by atoms with E-state index in [0.717, 1.165) is 16.5 Å². The Morgan fingerprint density at radius 3 is 2.94 bits per heavy atom. The predicted octanol–water partition coefficient (Wildman–Crippen LogP) is 2.24. The molecular formula is C12H12N4O. The first kappa shape index (κ1) is 10.0. The van der Waals surface area contributed by atoms with Crippen molar-refractivity contribution in [3.05, 3.63) is 36.4 Å². The highest BCUT2D eigenvalue weighted by atomic mass is 16.3. The molecule has 0 saturated carbocycles. The van der Waals surface area contributed by atoms with Crippen LogP contribution in [0.15, 0.2) is 34.9 Å². The maximum atomic E-state index is 5.74. The van der Waals surface area contributed by atoms with Gasteiger partial charge in [0.1, 0.15) is 17.7 Å². The molecule has 0 aliphatic heterocycles. The van der Waals surface area contributed by atoms with E-state index in [1.165, 1.54) is 0 Å². The van der Waals surface area contributed by atoms with Crippen molar-refractivity contribution in [1.82, 2.24) is 15.2 Å². The minimum atomic E-state index is -0.158. The van der Waals surface area contributed by atoms with Crippen LogP contribution in [0.25, 0.3) is 22.4 Å². The zero-order valence-corrected chi connectivity index (χ0v) is 9.34. The highest BCUT2D eigenvalue weighted by Crippen LogP contribution is 2.28. The van der Waals surface area contributed by atoms with E-state index >= 15 is 0 Å². The minimum Gasteiger partial charge on any atom is -0.464 e. The number of rotatable bonds is 2. The van der Waals surface area contributed by atoms with Gasteiger partial charge in [-0.15, -0.1) is 0 Å². The molecule has 3 rings (SSSR count). The average Bonchev–Trinajstić information content (AvgIpc) is 2.95. The second-order valence-corrected chi connectivity index (χ2v) is 3.98. The summed E-state index contributed by atoms with van der Waals surface area (Å²) in [6.45, 7) is 1.86. The van der Waals surface area contributed by atoms with Gasteiger partial charge in [-0.05, 0) is 13.0 Å². The molecule has 17 heavy (non-hydrogen) atoms. The lowest BCUT2D eigenvalue weighted by atomic mass is 10.2. The largest absolute Gasteiger partial charge is 0.464 e. The maximum Gasteiger partial charge on any atom is 0.185 e. The molecule has 1 aromatic carbocycles. The van der Waals surface area contributed by atoms with Gasteiger partial charge in [0.2, 0.25) is 0 Å². The van der Waals surface area contributed by atoms with Crippen molar-refractivity contribution in [3.63, 3.8) is 0 Å². The van der Waals surface area contributed by atoms with Gasteiger partial charge in [0.05, 0.1) is 11.6 Å². The molecule has 5 nitrogen and oxygen atoms in total. The number of aromatic nitrogens is 3. The lowest BCUT2D eigenvalue weighted by molar-refractivity contribution is 0.616. The fourth-order valence-electron chi connectivity index (χ4n) is 1.75. The number of hydrogen-bond acceptors (Lipinski definition) is 4. The van der Waals surface area contributed by atoms with Gasteiger partial charge in [-0.2, -0.15) is 5.10 Å². The van der Waals surface area contributed by atoms with Crippen LogP contribution in [0.5, 0.6) is 0 Å². The second-order valence-electron chi connectivity index (χ2n) is 3.98. The molecular weight excluding hydrogens is 216 g/mol. The number of furan rings is 1. The van der Waals surface area contributed by atoms with Crippen LogP contribution in [0.3, 0.4) is 0 Å². The van der Waals surface area contributed by atoms with E-state index in [9.17, 15) is 0 Å². The summed E-state index contributed by atoms with van der Waals surface area (Å²) in [5, 5.41) is 7.99. The fraction of sp³-hybridized carbons (Fsp3) is 0.167. The topological polar surface area (TPSA) is 80.7 Å². The van der Waals surface area contributed by atoms with Gasteiger partial charge >= 0.3 is 0 Å². The number of para-hydroxylation sites is 1. The Bertz CT molecular complexity index is 653. The van der Waals surface area contributed by atoms with E-state index in [0.29, 0.717) is 11.6 Å². The Labute approximate surface area is 97.7 Å². The van der Waals surface area contributed by atoms with E-state index in [1.54, 1.807) is 6.26 Å². The van der Waals surface area contributed by atoms with Crippen molar-refractivity contribution in [2.45, 2.75) is 13.0 Å². The maximum absolute atomic E-state index is 5.74. The average molecular weight is 228 g/mol. The summed E-state index contributed by atoms with van der Waals surface area (Å²) in [5.41, 5.74) is 7.44. The van der Waals surface area contributed by atoms with E-state index in [1.807, 2.05) is 31.2 Å². The molecule has 3 N–H and O–H groups in total. The van der Waals surface area contributed by atoms with Gasteiger partial charge < -0.3 is 10.2 Å². The third kappa shape index (κ3) is 1.60. The molecule has 0 aliphatic carbocycles. The fourth-order valence-corrected chi connectivity index (χ4v) is 1.75. The number of nitrogens with two attached hydrogens (primary N) is 1.